The highest BCUT2D eigenvalue weighted by molar-refractivity contribution is 5.78. The zero-order valence-electron chi connectivity index (χ0n) is 15.5. The van der Waals surface area contributed by atoms with E-state index < -0.39 is 0 Å². The van der Waals surface area contributed by atoms with Gasteiger partial charge in [-0.15, -0.1) is 0 Å². The average molecular weight is 365 g/mol. The highest BCUT2D eigenvalue weighted by Crippen LogP contribution is 2.27. The van der Waals surface area contributed by atoms with Crippen LogP contribution in [0.4, 0.5) is 0 Å². The second kappa shape index (κ2) is 8.89. The molecule has 0 radical (unpaired) electrons. The minimum Gasteiger partial charge on any atom is -0.493 e. The summed E-state index contributed by atoms with van der Waals surface area (Å²) in [5.41, 5.74) is 2.97. The molecule has 0 aliphatic rings. The third kappa shape index (κ3) is 4.88. The maximum Gasteiger partial charge on any atom is 0.224 e. The maximum absolute atomic E-state index is 12.2. The number of hydrogen-bond acceptors (Lipinski definition) is 4. The van der Waals surface area contributed by atoms with E-state index >= 15 is 0 Å². The van der Waals surface area contributed by atoms with E-state index in [0.717, 1.165) is 23.2 Å². The lowest BCUT2D eigenvalue weighted by Crippen LogP contribution is -2.27. The van der Waals surface area contributed by atoms with Gasteiger partial charge in [-0.25, -0.2) is 4.68 Å². The number of carbonyl (C=O) groups is 1. The van der Waals surface area contributed by atoms with E-state index in [1.807, 2.05) is 59.5 Å². The molecule has 1 N–H and O–H groups in total. The number of nitrogens with one attached hydrogen (secondary N) is 1. The summed E-state index contributed by atoms with van der Waals surface area (Å²) < 4.78 is 12.3. The molecule has 1 heterocycles. The number of amides is 1. The molecule has 0 atom stereocenters. The first-order valence-corrected chi connectivity index (χ1v) is 8.76. The van der Waals surface area contributed by atoms with E-state index in [-0.39, 0.29) is 5.91 Å². The van der Waals surface area contributed by atoms with Crippen molar-refractivity contribution in [3.8, 4) is 17.2 Å². The van der Waals surface area contributed by atoms with Crippen LogP contribution in [-0.2, 0) is 17.6 Å². The Morgan fingerprint density at radius 1 is 1.04 bits per heavy atom. The first-order chi connectivity index (χ1) is 13.2. The van der Waals surface area contributed by atoms with Crippen molar-refractivity contribution in [1.29, 1.82) is 0 Å². The number of hydrogen-bond donors (Lipinski definition) is 1. The monoisotopic (exact) mass is 365 g/mol. The number of aromatic nitrogens is 2. The lowest BCUT2D eigenvalue weighted by atomic mass is 10.1. The molecular weight excluding hydrogens is 342 g/mol. The Hall–Kier alpha value is -3.28. The normalized spacial score (nSPS) is 10.4. The highest BCUT2D eigenvalue weighted by atomic mass is 16.5. The molecule has 1 amide bonds. The van der Waals surface area contributed by atoms with Gasteiger partial charge in [0.2, 0.25) is 5.91 Å². The molecule has 0 aliphatic carbocycles. The van der Waals surface area contributed by atoms with Crippen LogP contribution in [0.15, 0.2) is 60.9 Å². The van der Waals surface area contributed by atoms with Gasteiger partial charge in [0, 0.05) is 12.7 Å². The fourth-order valence-corrected chi connectivity index (χ4v) is 2.80. The van der Waals surface area contributed by atoms with Crippen molar-refractivity contribution in [1.82, 2.24) is 15.1 Å². The van der Waals surface area contributed by atoms with E-state index in [1.165, 1.54) is 0 Å². The minimum absolute atomic E-state index is 0.0299. The van der Waals surface area contributed by atoms with E-state index in [2.05, 4.69) is 10.4 Å². The number of ether oxygens (including phenoxy) is 2. The maximum atomic E-state index is 12.2. The second-order valence-corrected chi connectivity index (χ2v) is 6.09. The van der Waals surface area contributed by atoms with Crippen LogP contribution in [0.5, 0.6) is 11.5 Å². The van der Waals surface area contributed by atoms with Gasteiger partial charge in [0.05, 0.1) is 32.5 Å². The van der Waals surface area contributed by atoms with Gasteiger partial charge < -0.3 is 14.8 Å². The van der Waals surface area contributed by atoms with Gasteiger partial charge in [-0.1, -0.05) is 24.3 Å². The zero-order chi connectivity index (χ0) is 19.1. The molecule has 27 heavy (non-hydrogen) atoms. The summed E-state index contributed by atoms with van der Waals surface area (Å²) in [5.74, 6) is 1.24. The Balaban J connectivity index is 1.49. The zero-order valence-corrected chi connectivity index (χ0v) is 15.5. The Morgan fingerprint density at radius 3 is 2.56 bits per heavy atom. The first-order valence-electron chi connectivity index (χ1n) is 8.76. The van der Waals surface area contributed by atoms with Crippen LogP contribution >= 0.6 is 0 Å². The number of benzene rings is 2. The van der Waals surface area contributed by atoms with Gasteiger partial charge in [-0.2, -0.15) is 5.10 Å². The molecule has 0 bridgehead atoms. The van der Waals surface area contributed by atoms with E-state index in [9.17, 15) is 4.79 Å². The van der Waals surface area contributed by atoms with Crippen LogP contribution in [0.1, 0.15) is 11.1 Å². The van der Waals surface area contributed by atoms with Gasteiger partial charge in [-0.05, 0) is 41.8 Å². The molecule has 0 saturated carbocycles. The standard InChI is InChI=1S/C21H23N3O3/c1-26-19-9-8-16(12-20(19)27-2)13-21(25)22-11-10-17-14-23-24(15-17)18-6-4-3-5-7-18/h3-9,12,14-15H,10-11,13H2,1-2H3,(H,22,25). The van der Waals surface area contributed by atoms with Gasteiger partial charge in [0.15, 0.2) is 11.5 Å². The molecule has 6 nitrogen and oxygen atoms in total. The Bertz CT molecular complexity index is 891. The molecule has 2 aromatic carbocycles. The average Bonchev–Trinajstić information content (AvgIpc) is 3.17. The predicted molar refractivity (Wildman–Crippen MR) is 104 cm³/mol. The smallest absolute Gasteiger partial charge is 0.224 e. The van der Waals surface area contributed by atoms with Crippen LogP contribution in [0.25, 0.3) is 5.69 Å². The molecule has 140 valence electrons. The van der Waals surface area contributed by atoms with Crippen molar-refractivity contribution in [3.05, 3.63) is 72.1 Å². The van der Waals surface area contributed by atoms with Crippen molar-refractivity contribution in [2.24, 2.45) is 0 Å². The lowest BCUT2D eigenvalue weighted by Gasteiger charge is -2.09. The lowest BCUT2D eigenvalue weighted by molar-refractivity contribution is -0.120. The quantitative estimate of drug-likeness (QED) is 0.667. The number of carbonyl (C=O) groups excluding carboxylic acids is 1. The van der Waals surface area contributed by atoms with Gasteiger partial charge >= 0.3 is 0 Å². The van der Waals surface area contributed by atoms with Crippen LogP contribution in [0.2, 0.25) is 0 Å². The summed E-state index contributed by atoms with van der Waals surface area (Å²) >= 11 is 0. The molecular formula is C21H23N3O3. The third-order valence-electron chi connectivity index (χ3n) is 4.21. The largest absolute Gasteiger partial charge is 0.493 e. The molecule has 3 rings (SSSR count). The fraction of sp³-hybridized carbons (Fsp3) is 0.238. The van der Waals surface area contributed by atoms with E-state index in [0.29, 0.717) is 24.5 Å². The number of rotatable bonds is 8. The Labute approximate surface area is 158 Å². The predicted octanol–water partition coefficient (Wildman–Crippen LogP) is 2.79. The summed E-state index contributed by atoms with van der Waals surface area (Å²) in [6.45, 7) is 0.562. The second-order valence-electron chi connectivity index (χ2n) is 6.09. The van der Waals surface area contributed by atoms with Crippen LogP contribution in [0, 0.1) is 0 Å². The molecule has 0 spiro atoms. The Morgan fingerprint density at radius 2 is 1.81 bits per heavy atom. The minimum atomic E-state index is -0.0299. The number of para-hydroxylation sites is 1. The van der Waals surface area contributed by atoms with Gasteiger partial charge in [-0.3, -0.25) is 4.79 Å². The summed E-state index contributed by atoms with van der Waals surface area (Å²) in [6.07, 6.45) is 4.83. The highest BCUT2D eigenvalue weighted by Gasteiger charge is 2.08. The SMILES string of the molecule is COc1ccc(CC(=O)NCCc2cnn(-c3ccccc3)c2)cc1OC. The fourth-order valence-electron chi connectivity index (χ4n) is 2.80. The number of methoxy groups -OCH3 is 2. The Kier molecular flexibility index (Phi) is 6.10. The molecule has 0 saturated heterocycles. The van der Waals surface area contributed by atoms with Crippen molar-refractivity contribution in [2.75, 3.05) is 20.8 Å². The first kappa shape index (κ1) is 18.5. The van der Waals surface area contributed by atoms with Crippen LogP contribution in [0.3, 0.4) is 0 Å². The van der Waals surface area contributed by atoms with Crippen molar-refractivity contribution >= 4 is 5.91 Å². The molecule has 3 aromatic rings. The molecule has 0 fully saturated rings. The summed E-state index contributed by atoms with van der Waals surface area (Å²) in [6, 6.07) is 15.4. The third-order valence-corrected chi connectivity index (χ3v) is 4.21. The number of nitrogens with zero attached hydrogens (tertiary/aromatic N) is 2. The topological polar surface area (TPSA) is 65.4 Å². The van der Waals surface area contributed by atoms with Crippen LogP contribution < -0.4 is 14.8 Å². The summed E-state index contributed by atoms with van der Waals surface area (Å²) in [4.78, 5) is 12.2. The van der Waals surface area contributed by atoms with Crippen molar-refractivity contribution in [2.45, 2.75) is 12.8 Å². The molecule has 0 unspecified atom stereocenters. The van der Waals surface area contributed by atoms with E-state index in [4.69, 9.17) is 9.47 Å². The van der Waals surface area contributed by atoms with Gasteiger partial charge in [0.1, 0.15) is 0 Å². The van der Waals surface area contributed by atoms with Crippen molar-refractivity contribution < 1.29 is 14.3 Å². The van der Waals surface area contributed by atoms with Gasteiger partial charge in [0.25, 0.3) is 0 Å². The molecule has 6 heteroatoms. The summed E-state index contributed by atoms with van der Waals surface area (Å²) in [7, 11) is 3.17. The molecule has 1 aromatic heterocycles. The van der Waals surface area contributed by atoms with Crippen molar-refractivity contribution in [3.63, 3.8) is 0 Å². The molecule has 0 aliphatic heterocycles. The van der Waals surface area contributed by atoms with Crippen LogP contribution in [-0.4, -0.2) is 36.5 Å². The summed E-state index contributed by atoms with van der Waals surface area (Å²) in [5, 5.41) is 7.31. The van der Waals surface area contributed by atoms with E-state index in [1.54, 1.807) is 20.3 Å².